The van der Waals surface area contributed by atoms with Gasteiger partial charge >= 0.3 is 0 Å². The summed E-state index contributed by atoms with van der Waals surface area (Å²) in [6.07, 6.45) is 6.90. The number of unbranched alkanes of at least 4 members (excludes halogenated alkanes) is 1. The van der Waals surface area contributed by atoms with Crippen molar-refractivity contribution in [1.82, 2.24) is 20.1 Å². The van der Waals surface area contributed by atoms with Gasteiger partial charge in [-0.1, -0.05) is 44.9 Å². The predicted molar refractivity (Wildman–Crippen MR) is 117 cm³/mol. The molecule has 158 valence electrons. The van der Waals surface area contributed by atoms with Crippen LogP contribution in [0.4, 0.5) is 0 Å². The van der Waals surface area contributed by atoms with E-state index in [-0.39, 0.29) is 5.91 Å². The molecular formula is C22H32N4O2S. The molecule has 1 heterocycles. The van der Waals surface area contributed by atoms with Crippen molar-refractivity contribution in [2.24, 2.45) is 5.92 Å². The molecule has 1 saturated carbocycles. The van der Waals surface area contributed by atoms with Gasteiger partial charge in [0.1, 0.15) is 5.75 Å². The number of ether oxygens (including phenoxy) is 1. The van der Waals surface area contributed by atoms with E-state index in [1.807, 2.05) is 24.3 Å². The highest BCUT2D eigenvalue weighted by Crippen LogP contribution is 2.27. The average molecular weight is 417 g/mol. The fraction of sp³-hybridized carbons (Fsp3) is 0.591. The Morgan fingerprint density at radius 1 is 1.24 bits per heavy atom. The Kier molecular flexibility index (Phi) is 7.98. The quantitative estimate of drug-likeness (QED) is 0.608. The number of amides is 1. The van der Waals surface area contributed by atoms with E-state index in [4.69, 9.17) is 4.74 Å². The lowest BCUT2D eigenvalue weighted by Gasteiger charge is -2.29. The number of rotatable bonds is 9. The van der Waals surface area contributed by atoms with Gasteiger partial charge in [0.15, 0.2) is 11.0 Å². The molecule has 1 N–H and O–H groups in total. The number of benzene rings is 1. The lowest BCUT2D eigenvalue weighted by Crippen LogP contribution is -2.41. The third-order valence-corrected chi connectivity index (χ3v) is 6.56. The summed E-state index contributed by atoms with van der Waals surface area (Å²) in [6.45, 7) is 5.25. The molecule has 0 bridgehead atoms. The molecule has 0 unspecified atom stereocenters. The van der Waals surface area contributed by atoms with Crippen molar-refractivity contribution in [3.63, 3.8) is 0 Å². The largest absolute Gasteiger partial charge is 0.497 e. The normalized spacial score (nSPS) is 19.1. The van der Waals surface area contributed by atoms with Gasteiger partial charge in [0.2, 0.25) is 5.91 Å². The van der Waals surface area contributed by atoms with E-state index in [0.717, 1.165) is 48.1 Å². The summed E-state index contributed by atoms with van der Waals surface area (Å²) in [4.78, 5) is 12.5. The van der Waals surface area contributed by atoms with Gasteiger partial charge in [-0.2, -0.15) is 0 Å². The molecule has 2 aromatic rings. The summed E-state index contributed by atoms with van der Waals surface area (Å²) >= 11 is 1.47. The monoisotopic (exact) mass is 416 g/mol. The summed E-state index contributed by atoms with van der Waals surface area (Å²) in [5.74, 6) is 2.68. The number of carbonyl (C=O) groups excluding carboxylic acids is 1. The van der Waals surface area contributed by atoms with Gasteiger partial charge in [-0.3, -0.25) is 4.79 Å². The maximum Gasteiger partial charge on any atom is 0.230 e. The first kappa shape index (κ1) is 21.7. The molecule has 1 aromatic carbocycles. The van der Waals surface area contributed by atoms with Crippen LogP contribution in [0, 0.1) is 5.92 Å². The van der Waals surface area contributed by atoms with Crippen molar-refractivity contribution in [3.05, 3.63) is 24.3 Å². The third kappa shape index (κ3) is 5.75. The standard InChI is InChI=1S/C22H32N4O2S/c1-4-5-14-26-21(17-10-12-18(28-3)13-11-17)24-25-22(26)29-15-20(27)23-19-9-7-6-8-16(19)2/h10-13,16,19H,4-9,14-15H2,1-3H3,(H,23,27)/t16-,19+/m0/s1. The van der Waals surface area contributed by atoms with Crippen LogP contribution in [0.1, 0.15) is 52.4 Å². The fourth-order valence-electron chi connectivity index (χ4n) is 3.78. The van der Waals surface area contributed by atoms with Crippen LogP contribution in [-0.2, 0) is 11.3 Å². The van der Waals surface area contributed by atoms with Crippen molar-refractivity contribution in [3.8, 4) is 17.1 Å². The number of nitrogens with one attached hydrogen (secondary N) is 1. The highest BCUT2D eigenvalue weighted by atomic mass is 32.2. The molecular weight excluding hydrogens is 384 g/mol. The number of hydrogen-bond donors (Lipinski definition) is 1. The van der Waals surface area contributed by atoms with E-state index in [9.17, 15) is 4.79 Å². The molecule has 1 aliphatic carbocycles. The lowest BCUT2D eigenvalue weighted by atomic mass is 9.86. The number of aromatic nitrogens is 3. The molecule has 2 atom stereocenters. The highest BCUT2D eigenvalue weighted by Gasteiger charge is 2.23. The zero-order valence-corrected chi connectivity index (χ0v) is 18.5. The minimum atomic E-state index is 0.0878. The van der Waals surface area contributed by atoms with Crippen molar-refractivity contribution >= 4 is 17.7 Å². The van der Waals surface area contributed by atoms with Gasteiger partial charge in [0, 0.05) is 18.2 Å². The average Bonchev–Trinajstić information content (AvgIpc) is 3.15. The summed E-state index contributed by atoms with van der Waals surface area (Å²) in [7, 11) is 1.66. The molecule has 7 heteroatoms. The van der Waals surface area contributed by atoms with Crippen molar-refractivity contribution in [1.29, 1.82) is 0 Å². The van der Waals surface area contributed by atoms with Crippen molar-refractivity contribution < 1.29 is 9.53 Å². The first-order valence-corrected chi connectivity index (χ1v) is 11.6. The zero-order valence-electron chi connectivity index (χ0n) is 17.7. The molecule has 0 saturated heterocycles. The first-order valence-electron chi connectivity index (χ1n) is 10.6. The number of thioether (sulfide) groups is 1. The topological polar surface area (TPSA) is 69.0 Å². The number of nitrogens with zero attached hydrogens (tertiary/aromatic N) is 3. The molecule has 1 fully saturated rings. The SMILES string of the molecule is CCCCn1c(SCC(=O)N[C@@H]2CCCC[C@@H]2C)nnc1-c1ccc(OC)cc1. The Morgan fingerprint density at radius 2 is 2.00 bits per heavy atom. The Morgan fingerprint density at radius 3 is 2.69 bits per heavy atom. The Hall–Kier alpha value is -2.02. The molecule has 3 rings (SSSR count). The van der Waals surface area contributed by atoms with E-state index < -0.39 is 0 Å². The van der Waals surface area contributed by atoms with Crippen LogP contribution in [-0.4, -0.2) is 39.6 Å². The fourth-order valence-corrected chi connectivity index (χ4v) is 4.55. The van der Waals surface area contributed by atoms with Crippen LogP contribution in [0.25, 0.3) is 11.4 Å². The van der Waals surface area contributed by atoms with E-state index in [1.165, 1.54) is 31.0 Å². The second-order valence-electron chi connectivity index (χ2n) is 7.76. The molecule has 6 nitrogen and oxygen atoms in total. The van der Waals surface area contributed by atoms with Crippen LogP contribution in [0.5, 0.6) is 5.75 Å². The van der Waals surface area contributed by atoms with Gasteiger partial charge in [0.25, 0.3) is 0 Å². The Balaban J connectivity index is 1.67. The maximum absolute atomic E-state index is 12.5. The molecule has 0 radical (unpaired) electrons. The van der Waals surface area contributed by atoms with E-state index in [0.29, 0.717) is 17.7 Å². The number of methoxy groups -OCH3 is 1. The van der Waals surface area contributed by atoms with Crippen LogP contribution in [0.15, 0.2) is 29.4 Å². The van der Waals surface area contributed by atoms with Crippen LogP contribution in [0.3, 0.4) is 0 Å². The van der Waals surface area contributed by atoms with Crippen LogP contribution < -0.4 is 10.1 Å². The van der Waals surface area contributed by atoms with Crippen molar-refractivity contribution in [2.45, 2.75) is 70.1 Å². The molecule has 29 heavy (non-hydrogen) atoms. The zero-order chi connectivity index (χ0) is 20.6. The smallest absolute Gasteiger partial charge is 0.230 e. The third-order valence-electron chi connectivity index (χ3n) is 5.59. The van der Waals surface area contributed by atoms with Gasteiger partial charge in [0.05, 0.1) is 12.9 Å². The summed E-state index contributed by atoms with van der Waals surface area (Å²) in [6, 6.07) is 8.16. The number of hydrogen-bond acceptors (Lipinski definition) is 5. The summed E-state index contributed by atoms with van der Waals surface area (Å²) in [5.41, 5.74) is 1.00. The number of carbonyl (C=O) groups is 1. The van der Waals surface area contributed by atoms with E-state index in [2.05, 4.69) is 33.9 Å². The second kappa shape index (κ2) is 10.7. The predicted octanol–water partition coefficient (Wildman–Crippen LogP) is 4.54. The van der Waals surface area contributed by atoms with E-state index in [1.54, 1.807) is 7.11 Å². The highest BCUT2D eigenvalue weighted by molar-refractivity contribution is 7.99. The first-order chi connectivity index (χ1) is 14.1. The van der Waals surface area contributed by atoms with Crippen LogP contribution >= 0.6 is 11.8 Å². The molecule has 1 amide bonds. The van der Waals surface area contributed by atoms with Crippen LogP contribution in [0.2, 0.25) is 0 Å². The summed E-state index contributed by atoms with van der Waals surface area (Å²) < 4.78 is 7.38. The van der Waals surface area contributed by atoms with Gasteiger partial charge in [-0.25, -0.2) is 0 Å². The molecule has 1 aliphatic rings. The van der Waals surface area contributed by atoms with E-state index >= 15 is 0 Å². The van der Waals surface area contributed by atoms with Gasteiger partial charge < -0.3 is 14.6 Å². The molecule has 1 aromatic heterocycles. The minimum Gasteiger partial charge on any atom is -0.497 e. The van der Waals surface area contributed by atoms with Gasteiger partial charge in [-0.15, -0.1) is 10.2 Å². The molecule has 0 spiro atoms. The maximum atomic E-state index is 12.5. The Bertz CT molecular complexity index is 791. The minimum absolute atomic E-state index is 0.0878. The summed E-state index contributed by atoms with van der Waals surface area (Å²) in [5, 5.41) is 12.8. The van der Waals surface area contributed by atoms with Gasteiger partial charge in [-0.05, 0) is 49.4 Å². The van der Waals surface area contributed by atoms with Crippen molar-refractivity contribution in [2.75, 3.05) is 12.9 Å². The Labute approximate surface area is 177 Å². The lowest BCUT2D eigenvalue weighted by molar-refractivity contribution is -0.119. The molecule has 0 aliphatic heterocycles. The second-order valence-corrected chi connectivity index (χ2v) is 8.71.